The molecule has 0 radical (unpaired) electrons. The fourth-order valence-electron chi connectivity index (χ4n) is 1.39. The number of amides is 1. The molecule has 4 nitrogen and oxygen atoms in total. The lowest BCUT2D eigenvalue weighted by Gasteiger charge is -2.06. The predicted molar refractivity (Wildman–Crippen MR) is 73.8 cm³/mol. The van der Waals surface area contributed by atoms with Gasteiger partial charge < -0.3 is 5.32 Å². The number of aromatic nitrogens is 2. The third-order valence-corrected chi connectivity index (χ3v) is 3.69. The van der Waals surface area contributed by atoms with Gasteiger partial charge in [-0.3, -0.25) is 9.78 Å². The Labute approximate surface area is 118 Å². The molecule has 2 aromatic heterocycles. The normalized spacial score (nSPS) is 10.4. The van der Waals surface area contributed by atoms with Gasteiger partial charge in [0.15, 0.2) is 5.82 Å². The van der Waals surface area contributed by atoms with Crippen LogP contribution in [0.1, 0.15) is 21.7 Å². The van der Waals surface area contributed by atoms with Crippen molar-refractivity contribution in [3.63, 3.8) is 0 Å². The minimum Gasteiger partial charge on any atom is -0.305 e. The maximum absolute atomic E-state index is 12.0. The molecule has 0 fully saturated rings. The van der Waals surface area contributed by atoms with Crippen molar-refractivity contribution >= 4 is 46.3 Å². The van der Waals surface area contributed by atoms with Gasteiger partial charge >= 0.3 is 0 Å². The van der Waals surface area contributed by atoms with Crippen molar-refractivity contribution in [2.24, 2.45) is 0 Å². The van der Waals surface area contributed by atoms with Crippen molar-refractivity contribution < 1.29 is 4.79 Å². The summed E-state index contributed by atoms with van der Waals surface area (Å²) >= 11 is 12.8. The summed E-state index contributed by atoms with van der Waals surface area (Å²) in [5.41, 5.74) is 1.79. The van der Waals surface area contributed by atoms with E-state index in [1.165, 1.54) is 6.07 Å². The molecule has 0 aromatic carbocycles. The Bertz CT molecular complexity index is 612. The first-order chi connectivity index (χ1) is 8.47. The van der Waals surface area contributed by atoms with E-state index < -0.39 is 0 Å². The van der Waals surface area contributed by atoms with Crippen LogP contribution in [0.5, 0.6) is 0 Å². The highest BCUT2D eigenvalue weighted by molar-refractivity contribution is 7.20. The molecule has 0 saturated carbocycles. The van der Waals surface area contributed by atoms with E-state index >= 15 is 0 Å². The number of hydrogen-bond donors (Lipinski definition) is 1. The van der Waals surface area contributed by atoms with Gasteiger partial charge in [0.1, 0.15) is 4.34 Å². The van der Waals surface area contributed by atoms with Gasteiger partial charge in [0.05, 0.1) is 27.5 Å². The minimum atomic E-state index is -0.343. The first-order valence-electron chi connectivity index (χ1n) is 5.04. The van der Waals surface area contributed by atoms with E-state index in [1.54, 1.807) is 13.1 Å². The zero-order valence-electron chi connectivity index (χ0n) is 9.62. The topological polar surface area (TPSA) is 54.9 Å². The predicted octanol–water partition coefficient (Wildman–Crippen LogP) is 3.71. The van der Waals surface area contributed by atoms with Crippen molar-refractivity contribution in [3.8, 4) is 0 Å². The summed E-state index contributed by atoms with van der Waals surface area (Å²) in [6.07, 6.45) is 1.59. The molecule has 2 rings (SSSR count). The summed E-state index contributed by atoms with van der Waals surface area (Å²) in [5, 5.41) is 2.66. The SMILES string of the molecule is Cc1cnc(NC(=O)c2cc(Cl)sc2Cl)c(C)n1. The number of carbonyl (C=O) groups is 1. The molecule has 0 spiro atoms. The quantitative estimate of drug-likeness (QED) is 0.920. The molecule has 0 aliphatic carbocycles. The van der Waals surface area contributed by atoms with Crippen molar-refractivity contribution in [1.29, 1.82) is 0 Å². The second-order valence-corrected chi connectivity index (χ2v) is 5.92. The van der Waals surface area contributed by atoms with Crippen LogP contribution in [0, 0.1) is 13.8 Å². The Balaban J connectivity index is 2.24. The summed E-state index contributed by atoms with van der Waals surface area (Å²) in [4.78, 5) is 20.3. The van der Waals surface area contributed by atoms with Crippen LogP contribution in [-0.2, 0) is 0 Å². The van der Waals surface area contributed by atoms with Crippen LogP contribution in [0.4, 0.5) is 5.82 Å². The van der Waals surface area contributed by atoms with Gasteiger partial charge in [-0.2, -0.15) is 0 Å². The number of nitrogens with one attached hydrogen (secondary N) is 1. The molecule has 1 amide bonds. The molecule has 0 bridgehead atoms. The molecule has 0 saturated heterocycles. The maximum atomic E-state index is 12.0. The van der Waals surface area contributed by atoms with E-state index in [0.717, 1.165) is 17.0 Å². The highest BCUT2D eigenvalue weighted by Gasteiger charge is 2.15. The maximum Gasteiger partial charge on any atom is 0.259 e. The molecule has 2 heterocycles. The Morgan fingerprint density at radius 2 is 2.11 bits per heavy atom. The number of aryl methyl sites for hydroxylation is 2. The fraction of sp³-hybridized carbons (Fsp3) is 0.182. The third kappa shape index (κ3) is 2.80. The van der Waals surface area contributed by atoms with Crippen LogP contribution in [0.25, 0.3) is 0 Å². The van der Waals surface area contributed by atoms with Crippen molar-refractivity contribution in [3.05, 3.63) is 37.9 Å². The lowest BCUT2D eigenvalue weighted by Crippen LogP contribution is -2.14. The first kappa shape index (κ1) is 13.3. The van der Waals surface area contributed by atoms with Gasteiger partial charge in [-0.1, -0.05) is 23.2 Å². The number of thiophene rings is 1. The average molecular weight is 302 g/mol. The number of anilines is 1. The molecule has 2 aromatic rings. The van der Waals surface area contributed by atoms with Gasteiger partial charge in [0.2, 0.25) is 0 Å². The summed E-state index contributed by atoms with van der Waals surface area (Å²) in [7, 11) is 0. The first-order valence-corrected chi connectivity index (χ1v) is 6.61. The second-order valence-electron chi connectivity index (χ2n) is 3.64. The minimum absolute atomic E-state index is 0.341. The smallest absolute Gasteiger partial charge is 0.259 e. The van der Waals surface area contributed by atoms with Crippen molar-refractivity contribution in [2.45, 2.75) is 13.8 Å². The molecule has 1 N–H and O–H groups in total. The molecule has 0 aliphatic heterocycles. The van der Waals surface area contributed by atoms with E-state index in [4.69, 9.17) is 23.2 Å². The lowest BCUT2D eigenvalue weighted by molar-refractivity contribution is 0.102. The van der Waals surface area contributed by atoms with Gasteiger partial charge in [0.25, 0.3) is 5.91 Å². The molecular weight excluding hydrogens is 293 g/mol. The van der Waals surface area contributed by atoms with E-state index in [-0.39, 0.29) is 5.91 Å². The Morgan fingerprint density at radius 3 is 2.67 bits per heavy atom. The standard InChI is InChI=1S/C11H9Cl2N3OS/c1-5-4-14-10(6(2)15-5)16-11(17)7-3-8(12)18-9(7)13/h3-4H,1-2H3,(H,14,16,17). The number of nitrogens with zero attached hydrogens (tertiary/aromatic N) is 2. The molecule has 0 unspecified atom stereocenters. The van der Waals surface area contributed by atoms with Crippen LogP contribution >= 0.6 is 34.5 Å². The molecule has 0 aliphatic rings. The Kier molecular flexibility index (Phi) is 3.85. The molecule has 94 valence electrons. The zero-order chi connectivity index (χ0) is 13.3. The highest BCUT2D eigenvalue weighted by atomic mass is 35.5. The van der Waals surface area contributed by atoms with Gasteiger partial charge in [-0.15, -0.1) is 11.3 Å². The number of halogens is 2. The van der Waals surface area contributed by atoms with E-state index in [1.807, 2.05) is 6.92 Å². The number of hydrogen-bond acceptors (Lipinski definition) is 4. The molecule has 18 heavy (non-hydrogen) atoms. The second kappa shape index (κ2) is 5.22. The van der Waals surface area contributed by atoms with Gasteiger partial charge in [0, 0.05) is 0 Å². The monoisotopic (exact) mass is 301 g/mol. The van der Waals surface area contributed by atoms with Crippen LogP contribution in [0.3, 0.4) is 0 Å². The van der Waals surface area contributed by atoms with Crippen LogP contribution in [0.15, 0.2) is 12.3 Å². The Morgan fingerprint density at radius 1 is 1.39 bits per heavy atom. The molecule has 7 heteroatoms. The van der Waals surface area contributed by atoms with Gasteiger partial charge in [-0.25, -0.2) is 4.98 Å². The van der Waals surface area contributed by atoms with E-state index in [2.05, 4.69) is 15.3 Å². The van der Waals surface area contributed by atoms with Crippen LogP contribution in [-0.4, -0.2) is 15.9 Å². The summed E-state index contributed by atoms with van der Waals surface area (Å²) in [5.74, 6) is 0.0772. The van der Waals surface area contributed by atoms with Crippen LogP contribution in [0.2, 0.25) is 8.67 Å². The van der Waals surface area contributed by atoms with E-state index in [9.17, 15) is 4.79 Å². The summed E-state index contributed by atoms with van der Waals surface area (Å²) < 4.78 is 0.826. The Hall–Kier alpha value is -1.17. The van der Waals surface area contributed by atoms with E-state index in [0.29, 0.717) is 25.7 Å². The highest BCUT2D eigenvalue weighted by Crippen LogP contribution is 2.31. The van der Waals surface area contributed by atoms with Crippen molar-refractivity contribution in [2.75, 3.05) is 5.32 Å². The molecule has 0 atom stereocenters. The van der Waals surface area contributed by atoms with Gasteiger partial charge in [-0.05, 0) is 19.9 Å². The number of rotatable bonds is 2. The number of carbonyl (C=O) groups excluding carboxylic acids is 1. The lowest BCUT2D eigenvalue weighted by atomic mass is 10.3. The average Bonchev–Trinajstić information content (AvgIpc) is 2.62. The largest absolute Gasteiger partial charge is 0.305 e. The summed E-state index contributed by atoms with van der Waals surface area (Å²) in [6.45, 7) is 3.61. The molecular formula is C11H9Cl2N3OS. The summed E-state index contributed by atoms with van der Waals surface area (Å²) in [6, 6.07) is 1.53. The van der Waals surface area contributed by atoms with Crippen molar-refractivity contribution in [1.82, 2.24) is 9.97 Å². The van der Waals surface area contributed by atoms with Crippen LogP contribution < -0.4 is 5.32 Å². The third-order valence-electron chi connectivity index (χ3n) is 2.20. The zero-order valence-corrected chi connectivity index (χ0v) is 11.9. The fourth-order valence-corrected chi connectivity index (χ4v) is 2.85.